The first kappa shape index (κ1) is 27.2. The molecule has 4 aromatic carbocycles. The summed E-state index contributed by atoms with van der Waals surface area (Å²) in [7, 11) is -8.76. The van der Waals surface area contributed by atoms with Crippen LogP contribution in [0.15, 0.2) is 94.7 Å². The van der Waals surface area contributed by atoms with Gasteiger partial charge in [-0.25, -0.2) is 16.8 Å². The van der Waals surface area contributed by atoms with Crippen molar-refractivity contribution in [3.05, 3.63) is 84.9 Å². The summed E-state index contributed by atoms with van der Waals surface area (Å²) in [4.78, 5) is 7.69. The van der Waals surface area contributed by atoms with E-state index in [1.165, 1.54) is 12.1 Å². The summed E-state index contributed by atoms with van der Waals surface area (Å²) in [6, 6.07) is 23.1. The second-order valence-electron chi connectivity index (χ2n) is 5.86. The molecule has 0 fully saturated rings. The van der Waals surface area contributed by atoms with Gasteiger partial charge in [-0.15, -0.1) is 0 Å². The largest absolute Gasteiger partial charge is 2.00 e. The van der Waals surface area contributed by atoms with Crippen LogP contribution in [-0.4, -0.2) is 70.5 Å². The van der Waals surface area contributed by atoms with E-state index in [0.717, 1.165) is 10.8 Å². The zero-order chi connectivity index (χ0) is 22.4. The molecule has 0 spiro atoms. The van der Waals surface area contributed by atoms with Crippen molar-refractivity contribution < 1.29 is 30.7 Å². The van der Waals surface area contributed by atoms with E-state index in [2.05, 4.69) is 0 Å². The number of benzene rings is 4. The molecule has 0 aromatic heterocycles. The summed E-state index contributed by atoms with van der Waals surface area (Å²) in [6.07, 6.45) is 0. The van der Waals surface area contributed by atoms with Crippen LogP contribution in [0, 0.1) is 0 Å². The average molecular weight is 485 g/mol. The van der Waals surface area contributed by atoms with E-state index in [9.17, 15) is 25.9 Å². The molecule has 0 saturated carbocycles. The maximum Gasteiger partial charge on any atom is 2.00 e. The second-order valence-corrected chi connectivity index (χ2v) is 8.56. The van der Waals surface area contributed by atoms with Gasteiger partial charge in [-0.1, -0.05) is 72.8 Å². The van der Waals surface area contributed by atoms with Gasteiger partial charge in [-0.3, -0.25) is 0 Å². The molecule has 0 saturated heterocycles. The molecular formula is C21H16CaO7S2. The summed E-state index contributed by atoms with van der Waals surface area (Å²) in [5.74, 6) is 0. The van der Waals surface area contributed by atoms with E-state index < -0.39 is 20.2 Å². The van der Waals surface area contributed by atoms with Crippen LogP contribution in [0.1, 0.15) is 0 Å². The van der Waals surface area contributed by atoms with Gasteiger partial charge in [0.25, 0.3) is 0 Å². The molecule has 0 aliphatic rings. The number of hydrogen-bond donors (Lipinski definition) is 0. The molecule has 31 heavy (non-hydrogen) atoms. The van der Waals surface area contributed by atoms with E-state index in [-0.39, 0.29) is 47.5 Å². The summed E-state index contributed by atoms with van der Waals surface area (Å²) in [5.41, 5.74) is 0. The number of fused-ring (bicyclic) bond motifs is 2. The van der Waals surface area contributed by atoms with Crippen LogP contribution in [0.25, 0.3) is 21.5 Å². The normalized spacial score (nSPS) is 10.8. The molecule has 7 nitrogen and oxygen atoms in total. The van der Waals surface area contributed by atoms with Crippen LogP contribution < -0.4 is 0 Å². The van der Waals surface area contributed by atoms with Gasteiger partial charge in [0.15, 0.2) is 0 Å². The van der Waals surface area contributed by atoms with Gasteiger partial charge < -0.3 is 13.9 Å². The number of hydrogen-bond acceptors (Lipinski definition) is 7. The van der Waals surface area contributed by atoms with Crippen molar-refractivity contribution in [3.8, 4) is 0 Å². The number of rotatable bonds is 2. The van der Waals surface area contributed by atoms with Gasteiger partial charge in [0.1, 0.15) is 27.0 Å². The molecule has 4 rings (SSSR count). The van der Waals surface area contributed by atoms with Crippen LogP contribution in [0.2, 0.25) is 0 Å². The van der Waals surface area contributed by atoms with E-state index in [4.69, 9.17) is 4.79 Å². The molecule has 0 heterocycles. The maximum absolute atomic E-state index is 10.9. The molecule has 0 aliphatic carbocycles. The Morgan fingerprint density at radius 1 is 0.516 bits per heavy atom. The molecule has 0 N–H and O–H groups in total. The van der Waals surface area contributed by atoms with Gasteiger partial charge in [-0.05, 0) is 33.7 Å². The van der Waals surface area contributed by atoms with Crippen molar-refractivity contribution in [2.75, 3.05) is 0 Å². The van der Waals surface area contributed by atoms with Crippen molar-refractivity contribution in [1.29, 1.82) is 0 Å². The Morgan fingerprint density at radius 3 is 1.13 bits per heavy atom. The Hall–Kier alpha value is -1.85. The van der Waals surface area contributed by atoms with Gasteiger partial charge in [-0.2, -0.15) is 0 Å². The first-order valence-electron chi connectivity index (χ1n) is 8.34. The predicted octanol–water partition coefficient (Wildman–Crippen LogP) is 2.92. The molecule has 10 heteroatoms. The van der Waals surface area contributed by atoms with Gasteiger partial charge in [0, 0.05) is 0 Å². The Morgan fingerprint density at radius 2 is 0.806 bits per heavy atom. The first-order valence-corrected chi connectivity index (χ1v) is 11.2. The fourth-order valence-corrected chi connectivity index (χ4v) is 4.23. The van der Waals surface area contributed by atoms with Crippen LogP contribution in [0.5, 0.6) is 0 Å². The molecule has 0 amide bonds. The molecular weight excluding hydrogens is 468 g/mol. The topological polar surface area (TPSA) is 131 Å². The van der Waals surface area contributed by atoms with E-state index in [1.54, 1.807) is 72.8 Å². The van der Waals surface area contributed by atoms with Crippen LogP contribution in [-0.2, 0) is 25.0 Å². The molecule has 0 bridgehead atoms. The summed E-state index contributed by atoms with van der Waals surface area (Å²) >= 11 is 0. The second kappa shape index (κ2) is 11.7. The van der Waals surface area contributed by atoms with Crippen molar-refractivity contribution in [1.82, 2.24) is 0 Å². The molecule has 156 valence electrons. The molecule has 0 atom stereocenters. The van der Waals surface area contributed by atoms with Crippen molar-refractivity contribution in [2.45, 2.75) is 9.79 Å². The summed E-state index contributed by atoms with van der Waals surface area (Å²) < 4.78 is 65.3. The Labute approximate surface area is 210 Å². The zero-order valence-electron chi connectivity index (χ0n) is 16.2. The van der Waals surface area contributed by atoms with Crippen LogP contribution in [0.3, 0.4) is 0 Å². The minimum Gasteiger partial charge on any atom is -0.744 e. The third-order valence-electron chi connectivity index (χ3n) is 4.04. The predicted molar refractivity (Wildman–Crippen MR) is 117 cm³/mol. The maximum atomic E-state index is 10.9. The van der Waals surface area contributed by atoms with Crippen molar-refractivity contribution in [3.63, 3.8) is 0 Å². The SMILES string of the molecule is C=O.O=S(=O)([O-])c1cccc2ccccc12.O=S(=O)([O-])c1cccc2ccccc12.[Ca+2]. The fourth-order valence-electron chi connectivity index (χ4n) is 2.83. The van der Waals surface area contributed by atoms with E-state index >= 15 is 0 Å². The van der Waals surface area contributed by atoms with E-state index in [1.807, 2.05) is 6.79 Å². The third kappa shape index (κ3) is 7.08. The fraction of sp³-hybridized carbons (Fsp3) is 0. The molecule has 0 unspecified atom stereocenters. The average Bonchev–Trinajstić information content (AvgIpc) is 2.73. The van der Waals surface area contributed by atoms with Crippen molar-refractivity contribution in [2.24, 2.45) is 0 Å². The number of carbonyl (C=O) groups is 1. The Balaban J connectivity index is 0.000000279. The zero-order valence-corrected chi connectivity index (χ0v) is 20.0. The number of carbonyl (C=O) groups excluding carboxylic acids is 1. The monoisotopic (exact) mass is 484 g/mol. The van der Waals surface area contributed by atoms with Crippen LogP contribution in [0.4, 0.5) is 0 Å². The smallest absolute Gasteiger partial charge is 0.744 e. The molecule has 0 radical (unpaired) electrons. The van der Waals surface area contributed by atoms with Crippen molar-refractivity contribution >= 4 is 86.3 Å². The first-order chi connectivity index (χ1) is 14.2. The summed E-state index contributed by atoms with van der Waals surface area (Å²) in [5, 5.41) is 2.46. The molecule has 4 aromatic rings. The molecule has 0 aliphatic heterocycles. The van der Waals surface area contributed by atoms with E-state index in [0.29, 0.717) is 10.8 Å². The minimum absolute atomic E-state index is 0. The minimum atomic E-state index is -4.38. The van der Waals surface area contributed by atoms with Gasteiger partial charge in [0.05, 0.1) is 9.79 Å². The standard InChI is InChI=1S/2C10H8O3S.CH2O.Ca/c2*11-14(12,13)10-7-3-5-8-4-1-2-6-9(8)10;1-2;/h2*1-7H,(H,11,12,13);1H2;/q;;;+2/p-2. The third-order valence-corrected chi connectivity index (χ3v) is 5.83. The Bertz CT molecular complexity index is 1270. The van der Waals surface area contributed by atoms with Gasteiger partial charge >= 0.3 is 37.7 Å². The van der Waals surface area contributed by atoms with Gasteiger partial charge in [0.2, 0.25) is 0 Å². The Kier molecular flexibility index (Phi) is 10.2. The quantitative estimate of drug-likeness (QED) is 0.316. The summed E-state index contributed by atoms with van der Waals surface area (Å²) in [6.45, 7) is 2.00. The van der Waals surface area contributed by atoms with Crippen LogP contribution >= 0.6 is 0 Å².